The molecule has 29 heavy (non-hydrogen) atoms. The molecule has 1 aliphatic carbocycles. The summed E-state index contributed by atoms with van der Waals surface area (Å²) in [5, 5.41) is 3.59. The summed E-state index contributed by atoms with van der Waals surface area (Å²) in [6, 6.07) is 10.9. The SMILES string of the molecule is CCN=C(NC1CC1c1ccccc1)N1CCC(CN(CC)CC(F)(F)F)C1.I. The monoisotopic (exact) mass is 524 g/mol. The van der Waals surface area contributed by atoms with Gasteiger partial charge in [-0.1, -0.05) is 37.3 Å². The van der Waals surface area contributed by atoms with Crippen molar-refractivity contribution in [1.29, 1.82) is 0 Å². The van der Waals surface area contributed by atoms with E-state index in [4.69, 9.17) is 0 Å². The number of alkyl halides is 3. The van der Waals surface area contributed by atoms with Gasteiger partial charge < -0.3 is 10.2 Å². The minimum atomic E-state index is -4.14. The smallest absolute Gasteiger partial charge is 0.353 e. The molecule has 0 bridgehead atoms. The van der Waals surface area contributed by atoms with E-state index in [1.54, 1.807) is 6.92 Å². The van der Waals surface area contributed by atoms with Crippen molar-refractivity contribution in [2.75, 3.05) is 39.3 Å². The molecule has 0 spiro atoms. The van der Waals surface area contributed by atoms with Gasteiger partial charge in [-0.25, -0.2) is 0 Å². The van der Waals surface area contributed by atoms with Gasteiger partial charge in [0.2, 0.25) is 0 Å². The second-order valence-corrected chi connectivity index (χ2v) is 7.85. The van der Waals surface area contributed by atoms with Crippen LogP contribution < -0.4 is 5.32 Å². The predicted octanol–water partition coefficient (Wildman–Crippen LogP) is 4.33. The molecule has 0 amide bonds. The van der Waals surface area contributed by atoms with Crippen LogP contribution in [-0.2, 0) is 0 Å². The molecule has 4 nitrogen and oxygen atoms in total. The van der Waals surface area contributed by atoms with Crippen molar-refractivity contribution < 1.29 is 13.2 Å². The molecular weight excluding hydrogens is 492 g/mol. The third-order valence-corrected chi connectivity index (χ3v) is 5.59. The number of halogens is 4. The second-order valence-electron chi connectivity index (χ2n) is 7.85. The molecule has 1 saturated heterocycles. The minimum Gasteiger partial charge on any atom is -0.353 e. The average molecular weight is 524 g/mol. The van der Waals surface area contributed by atoms with Crippen LogP contribution in [0.5, 0.6) is 0 Å². The summed E-state index contributed by atoms with van der Waals surface area (Å²) in [6.45, 7) is 6.20. The van der Waals surface area contributed by atoms with E-state index in [2.05, 4.69) is 39.5 Å². The fourth-order valence-corrected chi connectivity index (χ4v) is 4.07. The summed E-state index contributed by atoms with van der Waals surface area (Å²) in [5.41, 5.74) is 1.35. The van der Waals surface area contributed by atoms with Gasteiger partial charge >= 0.3 is 6.18 Å². The maximum atomic E-state index is 12.7. The standard InChI is InChI=1S/C21H31F3N4.HI/c1-3-25-20(26-19-12-18(19)17-8-6-5-7-9-17)28-11-10-16(14-28)13-27(4-2)15-21(22,23)24;/h5-9,16,18-19H,3-4,10-15H2,1-2H3,(H,25,26);1H. The minimum absolute atomic E-state index is 0. The van der Waals surface area contributed by atoms with Crippen LogP contribution in [0.15, 0.2) is 35.3 Å². The highest BCUT2D eigenvalue weighted by Crippen LogP contribution is 2.40. The Labute approximate surface area is 188 Å². The fraction of sp³-hybridized carbons (Fsp3) is 0.667. The van der Waals surface area contributed by atoms with E-state index in [9.17, 15) is 13.2 Å². The molecule has 3 atom stereocenters. The van der Waals surface area contributed by atoms with Crippen LogP contribution >= 0.6 is 24.0 Å². The summed E-state index contributed by atoms with van der Waals surface area (Å²) in [4.78, 5) is 8.37. The quantitative estimate of drug-likeness (QED) is 0.328. The molecule has 1 aliphatic heterocycles. The molecule has 2 fully saturated rings. The Morgan fingerprint density at radius 1 is 1.24 bits per heavy atom. The number of hydrogen-bond donors (Lipinski definition) is 1. The molecular formula is C21H32F3IN4. The number of rotatable bonds is 7. The topological polar surface area (TPSA) is 30.9 Å². The van der Waals surface area contributed by atoms with E-state index in [0.717, 1.165) is 31.9 Å². The highest BCUT2D eigenvalue weighted by molar-refractivity contribution is 14.0. The molecule has 2 aliphatic rings. The van der Waals surface area contributed by atoms with Gasteiger partial charge in [-0.05, 0) is 37.8 Å². The fourth-order valence-electron chi connectivity index (χ4n) is 4.07. The Bertz CT molecular complexity index is 653. The summed E-state index contributed by atoms with van der Waals surface area (Å²) in [7, 11) is 0. The lowest BCUT2D eigenvalue weighted by Gasteiger charge is -2.26. The molecule has 1 aromatic carbocycles. The number of likely N-dealkylation sites (tertiary alicyclic amines) is 1. The highest BCUT2D eigenvalue weighted by atomic mass is 127. The molecule has 1 saturated carbocycles. The Balaban J connectivity index is 0.00000300. The van der Waals surface area contributed by atoms with Crippen LogP contribution in [0.3, 0.4) is 0 Å². The van der Waals surface area contributed by atoms with Crippen molar-refractivity contribution in [1.82, 2.24) is 15.1 Å². The zero-order chi connectivity index (χ0) is 20.1. The predicted molar refractivity (Wildman–Crippen MR) is 122 cm³/mol. The van der Waals surface area contributed by atoms with Crippen molar-refractivity contribution in [2.24, 2.45) is 10.9 Å². The maximum absolute atomic E-state index is 12.7. The van der Waals surface area contributed by atoms with Gasteiger partial charge in [-0.15, -0.1) is 24.0 Å². The lowest BCUT2D eigenvalue weighted by atomic mass is 10.1. The summed E-state index contributed by atoms with van der Waals surface area (Å²) in [5.74, 6) is 1.67. The van der Waals surface area contributed by atoms with E-state index in [0.29, 0.717) is 31.6 Å². The number of benzene rings is 1. The van der Waals surface area contributed by atoms with Gasteiger partial charge in [-0.3, -0.25) is 9.89 Å². The molecule has 3 unspecified atom stereocenters. The van der Waals surface area contributed by atoms with E-state index < -0.39 is 12.7 Å². The van der Waals surface area contributed by atoms with Crippen LogP contribution in [0.4, 0.5) is 13.2 Å². The van der Waals surface area contributed by atoms with Gasteiger partial charge in [-0.2, -0.15) is 13.2 Å². The number of guanidine groups is 1. The van der Waals surface area contributed by atoms with Gasteiger partial charge in [0.25, 0.3) is 0 Å². The van der Waals surface area contributed by atoms with Crippen molar-refractivity contribution in [3.8, 4) is 0 Å². The Kier molecular flexibility index (Phi) is 9.06. The molecule has 1 heterocycles. The molecule has 1 aromatic rings. The molecule has 1 N–H and O–H groups in total. The first kappa shape index (κ1) is 24.2. The van der Waals surface area contributed by atoms with E-state index in [1.807, 2.05) is 13.0 Å². The lowest BCUT2D eigenvalue weighted by Crippen LogP contribution is -2.43. The third kappa shape index (κ3) is 7.31. The Morgan fingerprint density at radius 3 is 2.59 bits per heavy atom. The Morgan fingerprint density at radius 2 is 1.97 bits per heavy atom. The zero-order valence-electron chi connectivity index (χ0n) is 17.2. The number of aliphatic imine (C=N–C) groups is 1. The van der Waals surface area contributed by atoms with Crippen molar-refractivity contribution >= 4 is 29.9 Å². The van der Waals surface area contributed by atoms with Gasteiger partial charge in [0.05, 0.1) is 6.54 Å². The molecule has 8 heteroatoms. The molecule has 0 aromatic heterocycles. The van der Waals surface area contributed by atoms with Crippen LogP contribution in [0.25, 0.3) is 0 Å². The highest BCUT2D eigenvalue weighted by Gasteiger charge is 2.40. The third-order valence-electron chi connectivity index (χ3n) is 5.59. The average Bonchev–Trinajstić information content (AvgIpc) is 3.27. The lowest BCUT2D eigenvalue weighted by molar-refractivity contribution is -0.146. The number of hydrogen-bond acceptors (Lipinski definition) is 2. The van der Waals surface area contributed by atoms with E-state index in [1.165, 1.54) is 10.5 Å². The van der Waals surface area contributed by atoms with Crippen molar-refractivity contribution in [2.45, 2.75) is 44.8 Å². The summed E-state index contributed by atoms with van der Waals surface area (Å²) >= 11 is 0. The second kappa shape index (κ2) is 10.8. The summed E-state index contributed by atoms with van der Waals surface area (Å²) < 4.78 is 38.2. The van der Waals surface area contributed by atoms with E-state index >= 15 is 0 Å². The molecule has 164 valence electrons. The van der Waals surface area contributed by atoms with Crippen LogP contribution in [0, 0.1) is 5.92 Å². The van der Waals surface area contributed by atoms with Crippen molar-refractivity contribution in [3.63, 3.8) is 0 Å². The van der Waals surface area contributed by atoms with Gasteiger partial charge in [0.15, 0.2) is 5.96 Å². The first-order valence-electron chi connectivity index (χ1n) is 10.3. The Hall–Kier alpha value is -1.03. The molecule has 3 rings (SSSR count). The number of nitrogens with one attached hydrogen (secondary N) is 1. The normalized spacial score (nSPS) is 24.6. The first-order valence-corrected chi connectivity index (χ1v) is 10.3. The van der Waals surface area contributed by atoms with Crippen LogP contribution in [0.2, 0.25) is 0 Å². The zero-order valence-corrected chi connectivity index (χ0v) is 19.5. The van der Waals surface area contributed by atoms with Crippen molar-refractivity contribution in [3.05, 3.63) is 35.9 Å². The summed E-state index contributed by atoms with van der Waals surface area (Å²) in [6.07, 6.45) is -2.13. The van der Waals surface area contributed by atoms with E-state index in [-0.39, 0.29) is 29.9 Å². The van der Waals surface area contributed by atoms with Crippen LogP contribution in [-0.4, -0.2) is 67.2 Å². The number of nitrogens with zero attached hydrogens (tertiary/aromatic N) is 3. The largest absolute Gasteiger partial charge is 0.401 e. The first-order chi connectivity index (χ1) is 13.4. The molecule has 0 radical (unpaired) electrons. The maximum Gasteiger partial charge on any atom is 0.401 e. The van der Waals surface area contributed by atoms with Crippen LogP contribution in [0.1, 0.15) is 38.2 Å². The van der Waals surface area contributed by atoms with Gasteiger partial charge in [0.1, 0.15) is 0 Å². The van der Waals surface area contributed by atoms with Gasteiger partial charge in [0, 0.05) is 38.1 Å².